The lowest BCUT2D eigenvalue weighted by Gasteiger charge is -2.26. The fraction of sp³-hybridized carbons (Fsp3) is 0.588. The van der Waals surface area contributed by atoms with Gasteiger partial charge in [-0.1, -0.05) is 13.0 Å². The van der Waals surface area contributed by atoms with E-state index < -0.39 is 5.60 Å². The maximum absolute atomic E-state index is 11.9. The van der Waals surface area contributed by atoms with E-state index in [-0.39, 0.29) is 23.5 Å². The molecule has 0 heterocycles. The quantitative estimate of drug-likeness (QED) is 0.701. The number of benzene rings is 1. The SMILES string of the molecule is CC(CNCc1ccc(O)c(O)c1)CN(C)C(=O)OC(C)(C)C. The van der Waals surface area contributed by atoms with Gasteiger partial charge in [-0.05, 0) is 50.9 Å². The van der Waals surface area contributed by atoms with Crippen molar-refractivity contribution in [1.82, 2.24) is 10.2 Å². The Balaban J connectivity index is 2.34. The second-order valence-corrected chi connectivity index (χ2v) is 6.92. The summed E-state index contributed by atoms with van der Waals surface area (Å²) in [6.07, 6.45) is -0.326. The van der Waals surface area contributed by atoms with Crippen LogP contribution in [0.5, 0.6) is 11.5 Å². The Bertz CT molecular complexity index is 526. The van der Waals surface area contributed by atoms with Crippen LogP contribution in [0.2, 0.25) is 0 Å². The highest BCUT2D eigenvalue weighted by Gasteiger charge is 2.20. The monoisotopic (exact) mass is 324 g/mol. The maximum atomic E-state index is 11.9. The molecular formula is C17H28N2O4. The minimum Gasteiger partial charge on any atom is -0.504 e. The molecule has 3 N–H and O–H groups in total. The van der Waals surface area contributed by atoms with Crippen LogP contribution in [-0.2, 0) is 11.3 Å². The standard InChI is InChI=1S/C17H28N2O4/c1-12(11-19(5)16(22)23-17(2,3)4)9-18-10-13-6-7-14(20)15(21)8-13/h6-8,12,18,20-21H,9-11H2,1-5H3. The molecule has 130 valence electrons. The molecule has 1 unspecified atom stereocenters. The first-order valence-electron chi connectivity index (χ1n) is 7.74. The van der Waals surface area contributed by atoms with Crippen molar-refractivity contribution in [2.75, 3.05) is 20.1 Å². The highest BCUT2D eigenvalue weighted by atomic mass is 16.6. The number of aromatic hydroxyl groups is 2. The second-order valence-electron chi connectivity index (χ2n) is 6.92. The summed E-state index contributed by atoms with van der Waals surface area (Å²) in [6, 6.07) is 4.74. The molecule has 0 aliphatic carbocycles. The molecule has 0 aliphatic heterocycles. The Labute approximate surface area is 138 Å². The molecule has 1 rings (SSSR count). The Morgan fingerprint density at radius 2 is 1.96 bits per heavy atom. The number of amides is 1. The van der Waals surface area contributed by atoms with E-state index in [4.69, 9.17) is 4.74 Å². The summed E-state index contributed by atoms with van der Waals surface area (Å²) in [5.41, 5.74) is 0.390. The van der Waals surface area contributed by atoms with Crippen molar-refractivity contribution in [2.45, 2.75) is 39.8 Å². The van der Waals surface area contributed by atoms with Gasteiger partial charge in [0.15, 0.2) is 11.5 Å². The number of nitrogens with zero attached hydrogens (tertiary/aromatic N) is 1. The minimum atomic E-state index is -0.492. The van der Waals surface area contributed by atoms with Gasteiger partial charge >= 0.3 is 6.09 Å². The zero-order valence-corrected chi connectivity index (χ0v) is 14.6. The molecule has 1 aromatic rings. The summed E-state index contributed by atoms with van der Waals surface area (Å²) in [7, 11) is 1.72. The van der Waals surface area contributed by atoms with Gasteiger partial charge in [0, 0.05) is 20.1 Å². The average molecular weight is 324 g/mol. The first-order valence-corrected chi connectivity index (χ1v) is 7.74. The first kappa shape index (κ1) is 19.1. The zero-order valence-electron chi connectivity index (χ0n) is 14.6. The van der Waals surface area contributed by atoms with E-state index in [0.717, 1.165) is 12.1 Å². The van der Waals surface area contributed by atoms with Crippen LogP contribution in [0, 0.1) is 5.92 Å². The number of ether oxygens (including phenoxy) is 1. The molecule has 1 atom stereocenters. The number of carbonyl (C=O) groups excluding carboxylic acids is 1. The van der Waals surface area contributed by atoms with E-state index in [9.17, 15) is 15.0 Å². The normalized spacial score (nSPS) is 12.7. The van der Waals surface area contributed by atoms with E-state index in [2.05, 4.69) is 5.32 Å². The third kappa shape index (κ3) is 7.23. The van der Waals surface area contributed by atoms with Gasteiger partial charge in [0.2, 0.25) is 0 Å². The van der Waals surface area contributed by atoms with Crippen LogP contribution in [0.1, 0.15) is 33.3 Å². The Morgan fingerprint density at radius 1 is 1.30 bits per heavy atom. The van der Waals surface area contributed by atoms with Crippen molar-refractivity contribution >= 4 is 6.09 Å². The molecule has 0 spiro atoms. The van der Waals surface area contributed by atoms with E-state index in [1.165, 1.54) is 12.1 Å². The van der Waals surface area contributed by atoms with Gasteiger partial charge in [-0.3, -0.25) is 0 Å². The van der Waals surface area contributed by atoms with E-state index in [0.29, 0.717) is 13.1 Å². The van der Waals surface area contributed by atoms with Gasteiger partial charge in [-0.2, -0.15) is 0 Å². The first-order chi connectivity index (χ1) is 10.6. The summed E-state index contributed by atoms with van der Waals surface area (Å²) < 4.78 is 5.31. The van der Waals surface area contributed by atoms with Crippen LogP contribution in [0.25, 0.3) is 0 Å². The van der Waals surface area contributed by atoms with Gasteiger partial charge in [-0.25, -0.2) is 4.79 Å². The molecule has 0 aromatic heterocycles. The summed E-state index contributed by atoms with van der Waals surface area (Å²) >= 11 is 0. The van der Waals surface area contributed by atoms with Crippen molar-refractivity contribution in [1.29, 1.82) is 0 Å². The molecule has 0 saturated carbocycles. The molecule has 23 heavy (non-hydrogen) atoms. The predicted molar refractivity (Wildman–Crippen MR) is 89.5 cm³/mol. The third-order valence-corrected chi connectivity index (χ3v) is 3.15. The van der Waals surface area contributed by atoms with E-state index >= 15 is 0 Å². The number of carbonyl (C=O) groups is 1. The zero-order chi connectivity index (χ0) is 17.6. The number of rotatable bonds is 6. The lowest BCUT2D eigenvalue weighted by Crippen LogP contribution is -2.38. The number of hydrogen-bond acceptors (Lipinski definition) is 5. The number of phenolic OH excluding ortho intramolecular Hbond substituents is 2. The van der Waals surface area contributed by atoms with Crippen LogP contribution in [0.15, 0.2) is 18.2 Å². The molecule has 0 fully saturated rings. The van der Waals surface area contributed by atoms with Crippen LogP contribution >= 0.6 is 0 Å². The molecule has 0 aliphatic rings. The van der Waals surface area contributed by atoms with Crippen molar-refractivity contribution in [3.8, 4) is 11.5 Å². The second kappa shape index (κ2) is 8.06. The molecule has 6 heteroatoms. The van der Waals surface area contributed by atoms with Gasteiger partial charge in [0.25, 0.3) is 0 Å². The van der Waals surface area contributed by atoms with E-state index in [1.54, 1.807) is 18.0 Å². The number of phenols is 2. The summed E-state index contributed by atoms with van der Waals surface area (Å²) in [5, 5.41) is 22.0. The Kier molecular flexibility index (Phi) is 6.69. The molecule has 1 amide bonds. The van der Waals surface area contributed by atoms with Crippen molar-refractivity contribution in [3.05, 3.63) is 23.8 Å². The van der Waals surface area contributed by atoms with Gasteiger partial charge < -0.3 is 25.2 Å². The topological polar surface area (TPSA) is 82.0 Å². The predicted octanol–water partition coefficient (Wildman–Crippen LogP) is 2.69. The van der Waals surface area contributed by atoms with Crippen LogP contribution < -0.4 is 5.32 Å². The molecule has 1 aromatic carbocycles. The molecule has 0 radical (unpaired) electrons. The maximum Gasteiger partial charge on any atom is 0.410 e. The van der Waals surface area contributed by atoms with Crippen LogP contribution in [-0.4, -0.2) is 46.9 Å². The van der Waals surface area contributed by atoms with Gasteiger partial charge in [0.05, 0.1) is 0 Å². The fourth-order valence-corrected chi connectivity index (χ4v) is 2.09. The van der Waals surface area contributed by atoms with Crippen LogP contribution in [0.4, 0.5) is 4.79 Å². The molecular weight excluding hydrogens is 296 g/mol. The van der Waals surface area contributed by atoms with E-state index in [1.807, 2.05) is 27.7 Å². The third-order valence-electron chi connectivity index (χ3n) is 3.15. The summed E-state index contributed by atoms with van der Waals surface area (Å²) in [5.74, 6) is 0.00124. The lowest BCUT2D eigenvalue weighted by molar-refractivity contribution is 0.0277. The van der Waals surface area contributed by atoms with Gasteiger partial charge in [-0.15, -0.1) is 0 Å². The van der Waals surface area contributed by atoms with Crippen molar-refractivity contribution in [3.63, 3.8) is 0 Å². The lowest BCUT2D eigenvalue weighted by atomic mass is 10.1. The largest absolute Gasteiger partial charge is 0.504 e. The number of hydrogen-bond donors (Lipinski definition) is 3. The summed E-state index contributed by atoms with van der Waals surface area (Å²) in [6.45, 7) is 9.46. The average Bonchev–Trinajstić information content (AvgIpc) is 2.40. The summed E-state index contributed by atoms with van der Waals surface area (Å²) in [4.78, 5) is 13.5. The highest BCUT2D eigenvalue weighted by Crippen LogP contribution is 2.24. The highest BCUT2D eigenvalue weighted by molar-refractivity contribution is 5.67. The van der Waals surface area contributed by atoms with Crippen LogP contribution in [0.3, 0.4) is 0 Å². The number of nitrogens with one attached hydrogen (secondary N) is 1. The fourth-order valence-electron chi connectivity index (χ4n) is 2.09. The Hall–Kier alpha value is -1.95. The Morgan fingerprint density at radius 3 is 2.52 bits per heavy atom. The smallest absolute Gasteiger partial charge is 0.410 e. The minimum absolute atomic E-state index is 0.123. The molecule has 0 saturated heterocycles. The molecule has 6 nitrogen and oxygen atoms in total. The van der Waals surface area contributed by atoms with Gasteiger partial charge in [0.1, 0.15) is 5.60 Å². The van der Waals surface area contributed by atoms with Crippen molar-refractivity contribution < 1.29 is 19.7 Å². The van der Waals surface area contributed by atoms with Crippen molar-refractivity contribution in [2.24, 2.45) is 5.92 Å². The molecule has 0 bridgehead atoms.